The molecule has 1 heterocycles. The number of ether oxygens (including phenoxy) is 1. The summed E-state index contributed by atoms with van der Waals surface area (Å²) in [5.74, 6) is 6.24. The molecule has 1 saturated heterocycles. The first kappa shape index (κ1) is 25.2. The van der Waals surface area contributed by atoms with Crippen molar-refractivity contribution in [3.63, 3.8) is 0 Å². The molecule has 4 rings (SSSR count). The molecule has 5 nitrogen and oxygen atoms in total. The van der Waals surface area contributed by atoms with E-state index in [4.69, 9.17) is 16.3 Å². The van der Waals surface area contributed by atoms with Crippen molar-refractivity contribution < 1.29 is 25.2 Å². The molecule has 2 aliphatic rings. The largest absolute Gasteiger partial charge is 0.394 e. The van der Waals surface area contributed by atoms with Gasteiger partial charge in [0, 0.05) is 17.0 Å². The lowest BCUT2D eigenvalue weighted by molar-refractivity contribution is -0.179. The van der Waals surface area contributed by atoms with E-state index in [0.29, 0.717) is 17.0 Å². The minimum absolute atomic E-state index is 0.196. The van der Waals surface area contributed by atoms with Gasteiger partial charge >= 0.3 is 0 Å². The van der Waals surface area contributed by atoms with E-state index < -0.39 is 30.0 Å². The van der Waals surface area contributed by atoms with Crippen LogP contribution in [0.3, 0.4) is 0 Å². The van der Waals surface area contributed by atoms with Crippen LogP contribution >= 0.6 is 11.6 Å². The molecular formula is C28H33ClO5. The molecule has 2 aromatic carbocycles. The van der Waals surface area contributed by atoms with Crippen LogP contribution in [0.25, 0.3) is 0 Å². The fraction of sp³-hybridized carbons (Fsp3) is 0.500. The second-order valence-electron chi connectivity index (χ2n) is 9.58. The molecule has 0 spiro atoms. The Morgan fingerprint density at radius 2 is 1.71 bits per heavy atom. The van der Waals surface area contributed by atoms with Crippen LogP contribution in [0.2, 0.25) is 5.02 Å². The van der Waals surface area contributed by atoms with E-state index in [1.807, 2.05) is 30.3 Å². The van der Waals surface area contributed by atoms with Crippen LogP contribution < -0.4 is 0 Å². The van der Waals surface area contributed by atoms with E-state index in [1.54, 1.807) is 12.1 Å². The van der Waals surface area contributed by atoms with E-state index in [9.17, 15) is 20.4 Å². The molecule has 4 atom stereocenters. The van der Waals surface area contributed by atoms with Gasteiger partial charge < -0.3 is 25.2 Å². The van der Waals surface area contributed by atoms with Crippen molar-refractivity contribution in [3.05, 3.63) is 69.7 Å². The first-order chi connectivity index (χ1) is 16.4. The molecule has 0 amide bonds. The van der Waals surface area contributed by atoms with Crippen LogP contribution in [0.4, 0.5) is 0 Å². The molecule has 0 aromatic heterocycles. The van der Waals surface area contributed by atoms with Gasteiger partial charge in [0.1, 0.15) is 17.8 Å². The summed E-state index contributed by atoms with van der Waals surface area (Å²) in [4.78, 5) is 0. The van der Waals surface area contributed by atoms with Gasteiger partial charge in [-0.2, -0.15) is 0 Å². The summed E-state index contributed by atoms with van der Waals surface area (Å²) in [5, 5.41) is 41.4. The second-order valence-corrected chi connectivity index (χ2v) is 9.98. The maximum Gasteiger partial charge on any atom is 0.125 e. The van der Waals surface area contributed by atoms with Crippen molar-refractivity contribution in [1.82, 2.24) is 0 Å². The highest BCUT2D eigenvalue weighted by molar-refractivity contribution is 6.31. The quantitative estimate of drug-likeness (QED) is 0.390. The first-order valence-electron chi connectivity index (χ1n) is 12.1. The summed E-state index contributed by atoms with van der Waals surface area (Å²) in [5.41, 5.74) is 2.63. The molecule has 182 valence electrons. The normalized spacial score (nSPS) is 26.9. The van der Waals surface area contributed by atoms with E-state index in [0.717, 1.165) is 55.2 Å². The Hall–Kier alpha value is -1.91. The van der Waals surface area contributed by atoms with E-state index >= 15 is 0 Å². The topological polar surface area (TPSA) is 90.2 Å². The summed E-state index contributed by atoms with van der Waals surface area (Å²) < 4.78 is 5.82. The Kier molecular flexibility index (Phi) is 8.31. The molecule has 1 aliphatic heterocycles. The third-order valence-corrected chi connectivity index (χ3v) is 7.24. The highest BCUT2D eigenvalue weighted by atomic mass is 35.5. The third kappa shape index (κ3) is 6.20. The highest BCUT2D eigenvalue weighted by Gasteiger charge is 2.37. The van der Waals surface area contributed by atoms with Crippen LogP contribution in [0.15, 0.2) is 42.5 Å². The zero-order valence-electron chi connectivity index (χ0n) is 19.3. The monoisotopic (exact) mass is 484 g/mol. The Balaban J connectivity index is 1.47. The van der Waals surface area contributed by atoms with Gasteiger partial charge in [-0.15, -0.1) is 0 Å². The van der Waals surface area contributed by atoms with Gasteiger partial charge in [-0.25, -0.2) is 0 Å². The minimum Gasteiger partial charge on any atom is -0.394 e. The molecule has 1 aliphatic carbocycles. The minimum atomic E-state index is -1.07. The predicted molar refractivity (Wildman–Crippen MR) is 132 cm³/mol. The average Bonchev–Trinajstić information content (AvgIpc) is 3.06. The van der Waals surface area contributed by atoms with Crippen molar-refractivity contribution >= 4 is 11.6 Å². The van der Waals surface area contributed by atoms with Crippen molar-refractivity contribution in [2.75, 3.05) is 6.61 Å². The standard InChI is InChI=1S/C28H33ClO5/c29-24-10-9-21(27-26(32)25(31)17-23(18-30)34-27)16-22(24)15-20-7-5-19(6-8-20)11-14-28(33)12-3-1-2-4-13-28/h5-10,16,23,25-27,30-33H,1-4,12-13,15,17-18H2/t23-,25-,26+,27-/m0/s1. The molecule has 0 radical (unpaired) electrons. The SMILES string of the molecule is OC[C@@H]1C[C@H](O)[C@@H](O)[C@H](c2ccc(Cl)c(Cc3ccc(C#CC4(O)CCCCCC4)cc3)c2)O1. The molecule has 0 unspecified atom stereocenters. The van der Waals surface area contributed by atoms with Crippen molar-refractivity contribution in [1.29, 1.82) is 0 Å². The fourth-order valence-corrected chi connectivity index (χ4v) is 4.99. The summed E-state index contributed by atoms with van der Waals surface area (Å²) in [7, 11) is 0. The van der Waals surface area contributed by atoms with Gasteiger partial charge in [0.25, 0.3) is 0 Å². The molecule has 4 N–H and O–H groups in total. The van der Waals surface area contributed by atoms with Crippen molar-refractivity contribution in [2.45, 2.75) is 81.4 Å². The van der Waals surface area contributed by atoms with Gasteiger partial charge in [-0.1, -0.05) is 60.5 Å². The number of aliphatic hydroxyl groups excluding tert-OH is 3. The molecule has 2 fully saturated rings. The van der Waals surface area contributed by atoms with Crippen molar-refractivity contribution in [2.24, 2.45) is 0 Å². The molecule has 2 aromatic rings. The number of benzene rings is 2. The van der Waals surface area contributed by atoms with Crippen LogP contribution in [0.1, 0.15) is 73.3 Å². The Bertz CT molecular complexity index is 1020. The van der Waals surface area contributed by atoms with Crippen LogP contribution in [0, 0.1) is 11.8 Å². The van der Waals surface area contributed by atoms with E-state index in [1.165, 1.54) is 0 Å². The van der Waals surface area contributed by atoms with E-state index in [-0.39, 0.29) is 13.0 Å². The molecule has 0 bridgehead atoms. The highest BCUT2D eigenvalue weighted by Crippen LogP contribution is 2.34. The van der Waals surface area contributed by atoms with Crippen LogP contribution in [-0.4, -0.2) is 50.9 Å². The zero-order valence-corrected chi connectivity index (χ0v) is 20.0. The predicted octanol–water partition coefficient (Wildman–Crippen LogP) is 3.91. The van der Waals surface area contributed by atoms with Crippen LogP contribution in [-0.2, 0) is 11.2 Å². The number of hydrogen-bond acceptors (Lipinski definition) is 5. The summed E-state index contributed by atoms with van der Waals surface area (Å²) in [6.07, 6.45) is 3.34. The fourth-order valence-electron chi connectivity index (χ4n) is 4.81. The molecular weight excluding hydrogens is 452 g/mol. The zero-order chi connectivity index (χ0) is 24.1. The Labute approximate surface area is 206 Å². The van der Waals surface area contributed by atoms with Gasteiger partial charge in [0.2, 0.25) is 0 Å². The summed E-state index contributed by atoms with van der Waals surface area (Å²) in [6.45, 7) is -0.215. The lowest BCUT2D eigenvalue weighted by Crippen LogP contribution is -2.44. The molecule has 1 saturated carbocycles. The Morgan fingerprint density at radius 3 is 2.38 bits per heavy atom. The van der Waals surface area contributed by atoms with Gasteiger partial charge in [0.15, 0.2) is 0 Å². The number of hydrogen-bond donors (Lipinski definition) is 4. The lowest BCUT2D eigenvalue weighted by atomic mass is 9.91. The second kappa shape index (κ2) is 11.2. The van der Waals surface area contributed by atoms with Gasteiger partial charge in [-0.05, 0) is 67.0 Å². The lowest BCUT2D eigenvalue weighted by Gasteiger charge is -2.37. The smallest absolute Gasteiger partial charge is 0.125 e. The average molecular weight is 485 g/mol. The summed E-state index contributed by atoms with van der Waals surface area (Å²) >= 11 is 6.46. The van der Waals surface area contributed by atoms with Crippen LogP contribution in [0.5, 0.6) is 0 Å². The number of rotatable bonds is 4. The maximum absolute atomic E-state index is 10.7. The molecule has 34 heavy (non-hydrogen) atoms. The van der Waals surface area contributed by atoms with Crippen molar-refractivity contribution in [3.8, 4) is 11.8 Å². The van der Waals surface area contributed by atoms with E-state index in [2.05, 4.69) is 11.8 Å². The van der Waals surface area contributed by atoms with Gasteiger partial charge in [0.05, 0.1) is 18.8 Å². The maximum atomic E-state index is 10.7. The first-order valence-corrected chi connectivity index (χ1v) is 12.5. The number of halogens is 1. The Morgan fingerprint density at radius 1 is 1.00 bits per heavy atom. The van der Waals surface area contributed by atoms with Gasteiger partial charge in [-0.3, -0.25) is 0 Å². The third-order valence-electron chi connectivity index (χ3n) is 6.87. The molecule has 6 heteroatoms. The summed E-state index contributed by atoms with van der Waals surface area (Å²) in [6, 6.07) is 13.3. The number of aliphatic hydroxyl groups is 4.